The molecule has 2 aromatic carbocycles. The molecule has 1 saturated heterocycles. The first-order valence-electron chi connectivity index (χ1n) is 12.5. The third-order valence-electron chi connectivity index (χ3n) is 7.05. The minimum absolute atomic E-state index is 0.00303. The number of methoxy groups -OCH3 is 1. The number of benzene rings is 2. The van der Waals surface area contributed by atoms with Gasteiger partial charge in [-0.05, 0) is 61.1 Å². The molecule has 2 aromatic heterocycles. The van der Waals surface area contributed by atoms with E-state index < -0.39 is 11.9 Å². The Morgan fingerprint density at radius 1 is 1.13 bits per heavy atom. The number of para-hydroxylation sites is 1. The number of carbonyl (C=O) groups excluding carboxylic acids is 1. The van der Waals surface area contributed by atoms with E-state index in [1.54, 1.807) is 23.1 Å². The summed E-state index contributed by atoms with van der Waals surface area (Å²) in [5.41, 5.74) is 6.14. The van der Waals surface area contributed by atoms with E-state index in [4.69, 9.17) is 14.9 Å². The number of hydrogen-bond donors (Lipinski definition) is 2. The fourth-order valence-electron chi connectivity index (χ4n) is 4.96. The van der Waals surface area contributed by atoms with E-state index in [1.165, 1.54) is 19.2 Å². The molecular weight excluding hydrogens is 513 g/mol. The molecule has 1 aliphatic heterocycles. The van der Waals surface area contributed by atoms with Crippen LogP contribution in [-0.2, 0) is 19.1 Å². The average molecular weight is 541 g/mol. The van der Waals surface area contributed by atoms with Crippen molar-refractivity contribution < 1.29 is 32.2 Å². The summed E-state index contributed by atoms with van der Waals surface area (Å²) in [6, 6.07) is 12.5. The third kappa shape index (κ3) is 5.26. The maximum atomic E-state index is 13.4. The van der Waals surface area contributed by atoms with Crippen LogP contribution in [0, 0.1) is 5.92 Å². The molecule has 1 fully saturated rings. The van der Waals surface area contributed by atoms with Gasteiger partial charge in [0.05, 0.1) is 13.7 Å². The molecule has 0 atom stereocenters. The van der Waals surface area contributed by atoms with Crippen LogP contribution in [0.4, 0.5) is 13.2 Å². The number of oxazole rings is 1. The van der Waals surface area contributed by atoms with Crippen LogP contribution in [0.15, 0.2) is 52.9 Å². The summed E-state index contributed by atoms with van der Waals surface area (Å²) in [4.78, 5) is 23.3. The summed E-state index contributed by atoms with van der Waals surface area (Å²) in [7, 11) is 1.34. The molecule has 3 heterocycles. The first kappa shape index (κ1) is 26.5. The van der Waals surface area contributed by atoms with Crippen molar-refractivity contribution in [3.63, 3.8) is 0 Å². The molecule has 0 unspecified atom stereocenters. The second-order valence-electron chi connectivity index (χ2n) is 9.47. The summed E-state index contributed by atoms with van der Waals surface area (Å²) in [6.07, 6.45) is -2.37. The van der Waals surface area contributed by atoms with Crippen LogP contribution in [-0.4, -0.2) is 46.1 Å². The minimum atomic E-state index is -4.63. The van der Waals surface area contributed by atoms with Crippen molar-refractivity contribution in [2.24, 2.45) is 11.7 Å². The monoisotopic (exact) mass is 540 g/mol. The van der Waals surface area contributed by atoms with Crippen LogP contribution in [0.2, 0.25) is 0 Å². The zero-order valence-corrected chi connectivity index (χ0v) is 21.2. The Kier molecular flexibility index (Phi) is 7.17. The maximum absolute atomic E-state index is 13.4. The highest BCUT2D eigenvalue weighted by Gasteiger charge is 2.33. The Bertz CT molecular complexity index is 1510. The number of hydrogen-bond acceptors (Lipinski definition) is 7. The number of aromatic nitrogens is 2. The Balaban J connectivity index is 1.39. The maximum Gasteiger partial charge on any atom is 0.433 e. The number of pyridine rings is 1. The van der Waals surface area contributed by atoms with Gasteiger partial charge in [-0.15, -0.1) is 0 Å². The van der Waals surface area contributed by atoms with Crippen molar-refractivity contribution in [2.75, 3.05) is 20.2 Å². The van der Waals surface area contributed by atoms with E-state index in [2.05, 4.69) is 9.97 Å². The molecule has 0 radical (unpaired) electrons. The van der Waals surface area contributed by atoms with Gasteiger partial charge in [0.2, 0.25) is 5.89 Å². The number of piperidine rings is 1. The average Bonchev–Trinajstić information content (AvgIpc) is 3.37. The number of alkyl halides is 3. The summed E-state index contributed by atoms with van der Waals surface area (Å²) >= 11 is 0. The Hall–Kier alpha value is -4.12. The zero-order chi connectivity index (χ0) is 27.7. The molecule has 0 spiro atoms. The molecule has 3 N–H and O–H groups in total. The van der Waals surface area contributed by atoms with Crippen molar-refractivity contribution >= 4 is 16.8 Å². The van der Waals surface area contributed by atoms with Crippen LogP contribution in [0.1, 0.15) is 40.3 Å². The van der Waals surface area contributed by atoms with E-state index in [0.717, 1.165) is 30.9 Å². The van der Waals surface area contributed by atoms with Crippen molar-refractivity contribution in [1.29, 1.82) is 0 Å². The van der Waals surface area contributed by atoms with Crippen molar-refractivity contribution in [1.82, 2.24) is 14.9 Å². The summed E-state index contributed by atoms with van der Waals surface area (Å²) in [5, 5.41) is 10.4. The molecule has 4 aromatic rings. The van der Waals surface area contributed by atoms with Gasteiger partial charge >= 0.3 is 6.18 Å². The predicted octanol–water partition coefficient (Wildman–Crippen LogP) is 5.18. The van der Waals surface area contributed by atoms with E-state index in [0.29, 0.717) is 30.0 Å². The number of likely N-dealkylation sites (tertiary alicyclic amines) is 1. The van der Waals surface area contributed by atoms with Gasteiger partial charge in [0.15, 0.2) is 11.5 Å². The lowest BCUT2D eigenvalue weighted by molar-refractivity contribution is -0.140. The lowest BCUT2D eigenvalue weighted by Crippen LogP contribution is -2.39. The number of ether oxygens (including phenoxy) is 1. The molecule has 1 aliphatic rings. The molecule has 0 saturated carbocycles. The van der Waals surface area contributed by atoms with Gasteiger partial charge in [0.1, 0.15) is 22.7 Å². The van der Waals surface area contributed by atoms with Crippen LogP contribution >= 0.6 is 0 Å². The van der Waals surface area contributed by atoms with Crippen LogP contribution < -0.4 is 10.5 Å². The van der Waals surface area contributed by atoms with Gasteiger partial charge in [0, 0.05) is 24.0 Å². The van der Waals surface area contributed by atoms with Gasteiger partial charge < -0.3 is 24.9 Å². The van der Waals surface area contributed by atoms with E-state index in [9.17, 15) is 23.1 Å². The number of phenolic OH excluding ortho intramolecular Hbond substituents is 1. The fourth-order valence-corrected chi connectivity index (χ4v) is 4.96. The second-order valence-corrected chi connectivity index (χ2v) is 9.47. The molecule has 0 bridgehead atoms. The van der Waals surface area contributed by atoms with Gasteiger partial charge in [-0.3, -0.25) is 4.79 Å². The molecule has 11 heteroatoms. The number of nitrogens with two attached hydrogens (primary N) is 1. The number of nitrogens with zero attached hydrogens (tertiary/aromatic N) is 3. The van der Waals surface area contributed by atoms with Gasteiger partial charge in [0.25, 0.3) is 5.91 Å². The number of halogens is 3. The van der Waals surface area contributed by atoms with Crippen molar-refractivity contribution in [3.8, 4) is 23.0 Å². The molecule has 5 rings (SSSR count). The lowest BCUT2D eigenvalue weighted by atomic mass is 9.89. The minimum Gasteiger partial charge on any atom is -0.508 e. The normalized spacial score (nSPS) is 14.6. The molecule has 204 valence electrons. The zero-order valence-electron chi connectivity index (χ0n) is 21.2. The highest BCUT2D eigenvalue weighted by Crippen LogP contribution is 2.37. The fraction of sp³-hybridized carbons (Fsp3) is 0.321. The van der Waals surface area contributed by atoms with Crippen LogP contribution in [0.5, 0.6) is 11.5 Å². The summed E-state index contributed by atoms with van der Waals surface area (Å²) in [5.74, 6) is 0.686. The number of aromatic hydroxyl groups is 1. The van der Waals surface area contributed by atoms with Crippen LogP contribution in [0.25, 0.3) is 22.4 Å². The number of carbonyl (C=O) groups is 1. The number of fused-ring (bicyclic) bond motifs is 1. The molecular formula is C28H27F3N4O4. The van der Waals surface area contributed by atoms with Crippen LogP contribution in [0.3, 0.4) is 0 Å². The second kappa shape index (κ2) is 10.6. The highest BCUT2D eigenvalue weighted by molar-refractivity contribution is 5.98. The highest BCUT2D eigenvalue weighted by atomic mass is 19.4. The van der Waals surface area contributed by atoms with E-state index in [1.807, 2.05) is 12.1 Å². The standard InChI is InChI=1S/C28H27F3N4O4/c1-38-21-8-6-19(18-7-9-23(28(29,30)31)33-24(18)21)26-34-25(22(15-32)39-26)27(37)35-12-10-16(11-13-35)14-17-4-2-3-5-20(17)36/h2-9,16,36H,10-15,32H2,1H3. The molecule has 0 aliphatic carbocycles. The number of phenols is 1. The molecule has 8 nitrogen and oxygen atoms in total. The van der Waals surface area contributed by atoms with E-state index >= 15 is 0 Å². The smallest absolute Gasteiger partial charge is 0.433 e. The quantitative estimate of drug-likeness (QED) is 0.347. The summed E-state index contributed by atoms with van der Waals surface area (Å²) < 4.78 is 51.0. The Morgan fingerprint density at radius 3 is 2.54 bits per heavy atom. The van der Waals surface area contributed by atoms with Gasteiger partial charge in [-0.25, -0.2) is 9.97 Å². The first-order valence-corrected chi connectivity index (χ1v) is 12.5. The van der Waals surface area contributed by atoms with Crippen molar-refractivity contribution in [3.05, 3.63) is 71.2 Å². The van der Waals surface area contributed by atoms with Gasteiger partial charge in [-0.1, -0.05) is 18.2 Å². The molecule has 1 amide bonds. The largest absolute Gasteiger partial charge is 0.508 e. The number of rotatable bonds is 6. The topological polar surface area (TPSA) is 115 Å². The lowest BCUT2D eigenvalue weighted by Gasteiger charge is -2.31. The summed E-state index contributed by atoms with van der Waals surface area (Å²) in [6.45, 7) is 0.945. The Morgan fingerprint density at radius 2 is 1.87 bits per heavy atom. The predicted molar refractivity (Wildman–Crippen MR) is 137 cm³/mol. The third-order valence-corrected chi connectivity index (χ3v) is 7.05. The Labute approximate surface area is 222 Å². The first-order chi connectivity index (χ1) is 18.7. The molecule has 39 heavy (non-hydrogen) atoms. The number of amides is 1. The van der Waals surface area contributed by atoms with Gasteiger partial charge in [-0.2, -0.15) is 13.2 Å². The SMILES string of the molecule is COc1ccc(-c2nc(C(=O)N3CCC(Cc4ccccc4O)CC3)c(CN)o2)c2ccc(C(F)(F)F)nc12. The van der Waals surface area contributed by atoms with E-state index in [-0.39, 0.29) is 46.8 Å². The van der Waals surface area contributed by atoms with Crippen molar-refractivity contribution in [2.45, 2.75) is 32.0 Å².